The van der Waals surface area contributed by atoms with E-state index in [1.54, 1.807) is 4.52 Å². The first kappa shape index (κ1) is 13.3. The predicted octanol–water partition coefficient (Wildman–Crippen LogP) is 3.12. The maximum Gasteiger partial charge on any atom is 0.233 e. The Kier molecular flexibility index (Phi) is 3.12. The van der Waals surface area contributed by atoms with E-state index in [-0.39, 0.29) is 5.95 Å². The summed E-state index contributed by atoms with van der Waals surface area (Å²) >= 11 is 0. The van der Waals surface area contributed by atoms with Crippen LogP contribution in [0.3, 0.4) is 0 Å². The van der Waals surface area contributed by atoms with E-state index in [2.05, 4.69) is 20.4 Å². The zero-order chi connectivity index (χ0) is 15.6. The molecular formula is C17H14N6. The zero-order valence-electron chi connectivity index (χ0n) is 12.2. The third-order valence-corrected chi connectivity index (χ3v) is 3.44. The van der Waals surface area contributed by atoms with Crippen molar-refractivity contribution in [3.63, 3.8) is 0 Å². The maximum absolute atomic E-state index is 5.82. The summed E-state index contributed by atoms with van der Waals surface area (Å²) in [5.74, 6) is 0.733. The van der Waals surface area contributed by atoms with Crippen LogP contribution in [0.4, 0.5) is 17.6 Å². The van der Waals surface area contributed by atoms with Crippen molar-refractivity contribution >= 4 is 23.2 Å². The number of hydrogen-bond acceptors (Lipinski definition) is 5. The van der Waals surface area contributed by atoms with E-state index >= 15 is 0 Å². The molecule has 3 N–H and O–H groups in total. The van der Waals surface area contributed by atoms with Crippen LogP contribution < -0.4 is 11.1 Å². The molecule has 0 saturated heterocycles. The normalized spacial score (nSPS) is 10.8. The van der Waals surface area contributed by atoms with E-state index in [0.717, 1.165) is 16.9 Å². The van der Waals surface area contributed by atoms with E-state index in [4.69, 9.17) is 5.73 Å². The summed E-state index contributed by atoms with van der Waals surface area (Å²) in [5.41, 5.74) is 9.21. The fourth-order valence-electron chi connectivity index (χ4n) is 2.39. The lowest BCUT2D eigenvalue weighted by atomic mass is 10.2. The smallest absolute Gasteiger partial charge is 0.233 e. The molecule has 0 unspecified atom stereocenters. The SMILES string of the molecule is Nc1nc(Nc2ccccc2)n2nc(-c3ccccc3)cc2n1. The average Bonchev–Trinajstić information content (AvgIpc) is 3.01. The number of nitrogens with one attached hydrogen (secondary N) is 1. The first-order chi connectivity index (χ1) is 11.3. The Labute approximate surface area is 132 Å². The molecule has 4 rings (SSSR count). The van der Waals surface area contributed by atoms with Gasteiger partial charge in [0.1, 0.15) is 0 Å². The summed E-state index contributed by atoms with van der Waals surface area (Å²) in [5, 5.41) is 7.82. The van der Waals surface area contributed by atoms with E-state index in [0.29, 0.717) is 11.6 Å². The highest BCUT2D eigenvalue weighted by molar-refractivity contribution is 5.66. The molecule has 0 radical (unpaired) electrons. The highest BCUT2D eigenvalue weighted by atomic mass is 15.4. The number of aromatic nitrogens is 4. The number of nitrogen functional groups attached to an aromatic ring is 1. The van der Waals surface area contributed by atoms with Crippen molar-refractivity contribution in [1.82, 2.24) is 19.6 Å². The quantitative estimate of drug-likeness (QED) is 0.607. The Balaban J connectivity index is 1.83. The minimum Gasteiger partial charge on any atom is -0.368 e. The standard InChI is InChI=1S/C17H14N6/c18-16-20-15-11-14(12-7-3-1-4-8-12)22-23(15)17(21-16)19-13-9-5-2-6-10-13/h1-11H,(H3,18,19,20,21). The van der Waals surface area contributed by atoms with E-state index in [1.165, 1.54) is 0 Å². The molecule has 2 heterocycles. The van der Waals surface area contributed by atoms with Crippen molar-refractivity contribution in [2.45, 2.75) is 0 Å². The van der Waals surface area contributed by atoms with E-state index < -0.39 is 0 Å². The van der Waals surface area contributed by atoms with Crippen LogP contribution >= 0.6 is 0 Å². The van der Waals surface area contributed by atoms with Gasteiger partial charge in [-0.3, -0.25) is 0 Å². The highest BCUT2D eigenvalue weighted by Gasteiger charge is 2.11. The molecule has 0 aliphatic rings. The Morgan fingerprint density at radius 2 is 1.57 bits per heavy atom. The topological polar surface area (TPSA) is 81.1 Å². The lowest BCUT2D eigenvalue weighted by Gasteiger charge is -2.07. The van der Waals surface area contributed by atoms with E-state index in [9.17, 15) is 0 Å². The number of benzene rings is 2. The number of nitrogens with two attached hydrogens (primary N) is 1. The van der Waals surface area contributed by atoms with Gasteiger partial charge in [-0.2, -0.15) is 19.6 Å². The van der Waals surface area contributed by atoms with Gasteiger partial charge in [-0.1, -0.05) is 48.5 Å². The Hall–Kier alpha value is -3.41. The molecule has 0 amide bonds. The van der Waals surface area contributed by atoms with Crippen molar-refractivity contribution in [3.05, 3.63) is 66.7 Å². The molecule has 112 valence electrons. The molecule has 6 nitrogen and oxygen atoms in total. The first-order valence-electron chi connectivity index (χ1n) is 7.20. The number of hydrogen-bond donors (Lipinski definition) is 2. The van der Waals surface area contributed by atoms with Crippen molar-refractivity contribution < 1.29 is 0 Å². The molecule has 0 aliphatic carbocycles. The molecule has 0 aliphatic heterocycles. The summed E-state index contributed by atoms with van der Waals surface area (Å²) in [7, 11) is 0. The number of para-hydroxylation sites is 1. The largest absolute Gasteiger partial charge is 0.368 e. The van der Waals surface area contributed by atoms with Crippen LogP contribution in [0.25, 0.3) is 16.9 Å². The van der Waals surface area contributed by atoms with Gasteiger partial charge in [-0.15, -0.1) is 0 Å². The van der Waals surface area contributed by atoms with Crippen molar-refractivity contribution in [3.8, 4) is 11.3 Å². The van der Waals surface area contributed by atoms with Crippen molar-refractivity contribution in [1.29, 1.82) is 0 Å². The van der Waals surface area contributed by atoms with Gasteiger partial charge in [0, 0.05) is 17.3 Å². The van der Waals surface area contributed by atoms with Crippen molar-refractivity contribution in [2.75, 3.05) is 11.1 Å². The van der Waals surface area contributed by atoms with Crippen LogP contribution in [0.2, 0.25) is 0 Å². The van der Waals surface area contributed by atoms with Gasteiger partial charge in [0.15, 0.2) is 5.65 Å². The van der Waals surface area contributed by atoms with Gasteiger partial charge in [0.2, 0.25) is 11.9 Å². The molecular weight excluding hydrogens is 288 g/mol. The molecule has 0 spiro atoms. The van der Waals surface area contributed by atoms with Gasteiger partial charge in [-0.05, 0) is 12.1 Å². The maximum atomic E-state index is 5.82. The van der Waals surface area contributed by atoms with Gasteiger partial charge >= 0.3 is 0 Å². The second kappa shape index (κ2) is 5.42. The summed E-state index contributed by atoms with van der Waals surface area (Å²) in [6.45, 7) is 0. The number of anilines is 3. The van der Waals surface area contributed by atoms with Crippen LogP contribution in [-0.4, -0.2) is 19.6 Å². The molecule has 23 heavy (non-hydrogen) atoms. The van der Waals surface area contributed by atoms with Gasteiger partial charge < -0.3 is 11.1 Å². The third kappa shape index (κ3) is 2.57. The van der Waals surface area contributed by atoms with Crippen LogP contribution in [-0.2, 0) is 0 Å². The van der Waals surface area contributed by atoms with Crippen LogP contribution in [0.1, 0.15) is 0 Å². The van der Waals surface area contributed by atoms with Crippen molar-refractivity contribution in [2.24, 2.45) is 0 Å². The Morgan fingerprint density at radius 3 is 2.30 bits per heavy atom. The van der Waals surface area contributed by atoms with Gasteiger partial charge in [0.05, 0.1) is 5.69 Å². The summed E-state index contributed by atoms with van der Waals surface area (Å²) in [4.78, 5) is 8.51. The third-order valence-electron chi connectivity index (χ3n) is 3.44. The molecule has 0 fully saturated rings. The molecule has 2 aromatic carbocycles. The van der Waals surface area contributed by atoms with Gasteiger partial charge in [0.25, 0.3) is 0 Å². The molecule has 6 heteroatoms. The number of nitrogens with zero attached hydrogens (tertiary/aromatic N) is 4. The average molecular weight is 302 g/mol. The fraction of sp³-hybridized carbons (Fsp3) is 0. The summed E-state index contributed by atoms with van der Waals surface area (Å²) in [6, 6.07) is 21.6. The second-order valence-corrected chi connectivity index (χ2v) is 5.06. The van der Waals surface area contributed by atoms with Crippen LogP contribution in [0.5, 0.6) is 0 Å². The second-order valence-electron chi connectivity index (χ2n) is 5.06. The molecule has 4 aromatic rings. The molecule has 0 bridgehead atoms. The minimum atomic E-state index is 0.204. The summed E-state index contributed by atoms with van der Waals surface area (Å²) in [6.07, 6.45) is 0. The highest BCUT2D eigenvalue weighted by Crippen LogP contribution is 2.22. The Bertz CT molecular complexity index is 947. The lowest BCUT2D eigenvalue weighted by molar-refractivity contribution is 0.912. The number of fused-ring (bicyclic) bond motifs is 1. The number of rotatable bonds is 3. The lowest BCUT2D eigenvalue weighted by Crippen LogP contribution is -2.07. The van der Waals surface area contributed by atoms with Crippen LogP contribution in [0.15, 0.2) is 66.7 Å². The molecule has 2 aromatic heterocycles. The predicted molar refractivity (Wildman–Crippen MR) is 90.4 cm³/mol. The van der Waals surface area contributed by atoms with E-state index in [1.807, 2.05) is 66.7 Å². The van der Waals surface area contributed by atoms with Crippen LogP contribution in [0, 0.1) is 0 Å². The zero-order valence-corrected chi connectivity index (χ0v) is 12.2. The monoisotopic (exact) mass is 302 g/mol. The fourth-order valence-corrected chi connectivity index (χ4v) is 2.39. The Morgan fingerprint density at radius 1 is 0.870 bits per heavy atom. The molecule has 0 atom stereocenters. The minimum absolute atomic E-state index is 0.204. The summed E-state index contributed by atoms with van der Waals surface area (Å²) < 4.78 is 1.66. The molecule has 0 saturated carbocycles. The first-order valence-corrected chi connectivity index (χ1v) is 7.20. The van der Waals surface area contributed by atoms with Gasteiger partial charge in [-0.25, -0.2) is 0 Å².